The van der Waals surface area contributed by atoms with Gasteiger partial charge in [0, 0.05) is 11.1 Å². The molecule has 0 amide bonds. The Morgan fingerprint density at radius 3 is 2.80 bits per heavy atom. The van der Waals surface area contributed by atoms with E-state index in [9.17, 15) is 0 Å². The number of nitrogens with two attached hydrogens (primary N) is 1. The van der Waals surface area contributed by atoms with Crippen LogP contribution in [0.25, 0.3) is 21.9 Å². The zero-order valence-corrected chi connectivity index (χ0v) is 8.45. The molecule has 0 atom stereocenters. The first kappa shape index (κ1) is 8.36. The molecule has 0 unspecified atom stereocenters. The molecule has 0 aliphatic heterocycles. The molecule has 0 aliphatic rings. The van der Waals surface area contributed by atoms with E-state index in [4.69, 9.17) is 10.2 Å². The third-order valence-electron chi connectivity index (χ3n) is 2.68. The molecular weight excluding hydrogens is 186 g/mol. The number of anilines is 1. The fourth-order valence-corrected chi connectivity index (χ4v) is 1.97. The van der Waals surface area contributed by atoms with Gasteiger partial charge in [0.2, 0.25) is 0 Å². The van der Waals surface area contributed by atoms with Crippen molar-refractivity contribution in [1.29, 1.82) is 0 Å². The van der Waals surface area contributed by atoms with Gasteiger partial charge in [-0.1, -0.05) is 17.7 Å². The van der Waals surface area contributed by atoms with Crippen molar-refractivity contribution in [3.63, 3.8) is 0 Å². The summed E-state index contributed by atoms with van der Waals surface area (Å²) in [6, 6.07) is 11.9. The van der Waals surface area contributed by atoms with E-state index in [2.05, 4.69) is 13.0 Å². The molecule has 1 heterocycles. The minimum absolute atomic E-state index is 0.775. The molecule has 0 aliphatic carbocycles. The number of hydrogen-bond donors (Lipinski definition) is 1. The van der Waals surface area contributed by atoms with Gasteiger partial charge in [-0.3, -0.25) is 0 Å². The summed E-state index contributed by atoms with van der Waals surface area (Å²) >= 11 is 0. The summed E-state index contributed by atoms with van der Waals surface area (Å²) in [4.78, 5) is 0. The molecule has 0 spiro atoms. The molecule has 2 aromatic carbocycles. The van der Waals surface area contributed by atoms with Gasteiger partial charge in [-0.25, -0.2) is 0 Å². The minimum Gasteiger partial charge on any atom is -0.456 e. The smallest absolute Gasteiger partial charge is 0.137 e. The van der Waals surface area contributed by atoms with E-state index >= 15 is 0 Å². The summed E-state index contributed by atoms with van der Waals surface area (Å²) in [6.45, 7) is 2.07. The molecule has 0 bridgehead atoms. The first-order valence-electron chi connectivity index (χ1n) is 4.93. The maximum atomic E-state index is 5.96. The molecule has 3 aromatic rings. The van der Waals surface area contributed by atoms with Crippen LogP contribution in [0.3, 0.4) is 0 Å². The number of aryl methyl sites for hydroxylation is 1. The third-order valence-corrected chi connectivity index (χ3v) is 2.68. The van der Waals surface area contributed by atoms with Crippen molar-refractivity contribution in [2.75, 3.05) is 5.73 Å². The number of rotatable bonds is 0. The Morgan fingerprint density at radius 2 is 1.93 bits per heavy atom. The van der Waals surface area contributed by atoms with Crippen LogP contribution >= 0.6 is 0 Å². The topological polar surface area (TPSA) is 39.2 Å². The summed E-state index contributed by atoms with van der Waals surface area (Å²) in [7, 11) is 0. The molecule has 1 aromatic heterocycles. The van der Waals surface area contributed by atoms with Crippen molar-refractivity contribution in [3.05, 3.63) is 42.0 Å². The molecule has 74 valence electrons. The molecule has 2 nitrogen and oxygen atoms in total. The number of furan rings is 1. The number of nitrogen functional groups attached to an aromatic ring is 1. The van der Waals surface area contributed by atoms with Crippen molar-refractivity contribution >= 4 is 27.6 Å². The van der Waals surface area contributed by atoms with Gasteiger partial charge in [-0.15, -0.1) is 0 Å². The van der Waals surface area contributed by atoms with Crippen molar-refractivity contribution in [3.8, 4) is 0 Å². The molecule has 3 rings (SSSR count). The fourth-order valence-electron chi connectivity index (χ4n) is 1.97. The summed E-state index contributed by atoms with van der Waals surface area (Å²) < 4.78 is 5.71. The van der Waals surface area contributed by atoms with Gasteiger partial charge < -0.3 is 10.2 Å². The van der Waals surface area contributed by atoms with Crippen LogP contribution in [0, 0.1) is 6.92 Å². The van der Waals surface area contributed by atoms with E-state index in [1.54, 1.807) is 0 Å². The molecule has 0 saturated heterocycles. The maximum absolute atomic E-state index is 5.96. The lowest BCUT2D eigenvalue weighted by Crippen LogP contribution is -1.83. The van der Waals surface area contributed by atoms with Gasteiger partial charge in [0.1, 0.15) is 11.2 Å². The molecule has 15 heavy (non-hydrogen) atoms. The monoisotopic (exact) mass is 197 g/mol. The Morgan fingerprint density at radius 1 is 1.07 bits per heavy atom. The number of benzene rings is 2. The Hall–Kier alpha value is -1.96. The Labute approximate surface area is 87.3 Å². The van der Waals surface area contributed by atoms with Crippen molar-refractivity contribution < 1.29 is 4.42 Å². The first-order chi connectivity index (χ1) is 7.25. The van der Waals surface area contributed by atoms with Crippen molar-refractivity contribution in [2.45, 2.75) is 6.92 Å². The van der Waals surface area contributed by atoms with Gasteiger partial charge in [-0.05, 0) is 31.2 Å². The van der Waals surface area contributed by atoms with Gasteiger partial charge in [0.15, 0.2) is 0 Å². The standard InChI is InChI=1S/C13H11NO/c1-8-5-6-11-9(7-8)13-10(14)3-2-4-12(13)15-11/h2-7H,14H2,1H3. The van der Waals surface area contributed by atoms with Crippen LogP contribution in [-0.4, -0.2) is 0 Å². The van der Waals surface area contributed by atoms with Crippen LogP contribution in [-0.2, 0) is 0 Å². The van der Waals surface area contributed by atoms with Crippen LogP contribution in [0.2, 0.25) is 0 Å². The second-order valence-electron chi connectivity index (χ2n) is 3.82. The average Bonchev–Trinajstić information content (AvgIpc) is 2.57. The molecule has 0 radical (unpaired) electrons. The van der Waals surface area contributed by atoms with Crippen LogP contribution in [0.4, 0.5) is 5.69 Å². The van der Waals surface area contributed by atoms with E-state index < -0.39 is 0 Å². The molecule has 2 N–H and O–H groups in total. The van der Waals surface area contributed by atoms with Crippen LogP contribution in [0.15, 0.2) is 40.8 Å². The molecule has 0 saturated carbocycles. The predicted octanol–water partition coefficient (Wildman–Crippen LogP) is 3.48. The van der Waals surface area contributed by atoms with Crippen LogP contribution in [0.5, 0.6) is 0 Å². The van der Waals surface area contributed by atoms with Crippen molar-refractivity contribution in [2.24, 2.45) is 0 Å². The third kappa shape index (κ3) is 1.11. The second-order valence-corrected chi connectivity index (χ2v) is 3.82. The maximum Gasteiger partial charge on any atom is 0.137 e. The van der Waals surface area contributed by atoms with Crippen LogP contribution < -0.4 is 5.73 Å². The SMILES string of the molecule is Cc1ccc2oc3cccc(N)c3c2c1. The lowest BCUT2D eigenvalue weighted by Gasteiger charge is -1.95. The lowest BCUT2D eigenvalue weighted by atomic mass is 10.1. The van der Waals surface area contributed by atoms with Crippen molar-refractivity contribution in [1.82, 2.24) is 0 Å². The number of hydrogen-bond acceptors (Lipinski definition) is 2. The van der Waals surface area contributed by atoms with E-state index in [1.807, 2.05) is 30.3 Å². The average molecular weight is 197 g/mol. The zero-order valence-electron chi connectivity index (χ0n) is 8.45. The van der Waals surface area contributed by atoms with Gasteiger partial charge in [0.25, 0.3) is 0 Å². The van der Waals surface area contributed by atoms with E-state index in [0.29, 0.717) is 0 Å². The quantitative estimate of drug-likeness (QED) is 0.560. The summed E-state index contributed by atoms with van der Waals surface area (Å²) in [5, 5.41) is 2.12. The predicted molar refractivity (Wildman–Crippen MR) is 62.9 cm³/mol. The number of fused-ring (bicyclic) bond motifs is 3. The van der Waals surface area contributed by atoms with Crippen LogP contribution in [0.1, 0.15) is 5.56 Å². The Balaban J connectivity index is 2.61. The summed E-state index contributed by atoms with van der Waals surface area (Å²) in [6.07, 6.45) is 0. The molecule has 2 heteroatoms. The normalized spacial score (nSPS) is 11.3. The highest BCUT2D eigenvalue weighted by molar-refractivity contribution is 6.10. The molecular formula is C13H11NO. The fraction of sp³-hybridized carbons (Fsp3) is 0.0769. The van der Waals surface area contributed by atoms with Gasteiger partial charge >= 0.3 is 0 Å². The lowest BCUT2D eigenvalue weighted by molar-refractivity contribution is 0.669. The highest BCUT2D eigenvalue weighted by atomic mass is 16.3. The minimum atomic E-state index is 0.775. The largest absolute Gasteiger partial charge is 0.456 e. The second kappa shape index (κ2) is 2.76. The highest BCUT2D eigenvalue weighted by Gasteiger charge is 2.08. The van der Waals surface area contributed by atoms with E-state index in [0.717, 1.165) is 27.6 Å². The Kier molecular flexibility index (Phi) is 1.54. The summed E-state index contributed by atoms with van der Waals surface area (Å²) in [5.74, 6) is 0. The Bertz CT molecular complexity index is 652. The summed E-state index contributed by atoms with van der Waals surface area (Å²) in [5.41, 5.74) is 9.70. The van der Waals surface area contributed by atoms with E-state index in [1.165, 1.54) is 5.56 Å². The highest BCUT2D eigenvalue weighted by Crippen LogP contribution is 2.32. The van der Waals surface area contributed by atoms with E-state index in [-0.39, 0.29) is 0 Å². The molecule has 0 fully saturated rings. The van der Waals surface area contributed by atoms with Gasteiger partial charge in [0.05, 0.1) is 5.39 Å². The zero-order chi connectivity index (χ0) is 10.4. The first-order valence-corrected chi connectivity index (χ1v) is 4.93. The van der Waals surface area contributed by atoms with Gasteiger partial charge in [-0.2, -0.15) is 0 Å².